The van der Waals surface area contributed by atoms with Crippen LogP contribution in [0.2, 0.25) is 0 Å². The number of aromatic nitrogens is 1. The minimum absolute atomic E-state index is 0.0160. The summed E-state index contributed by atoms with van der Waals surface area (Å²) < 4.78 is 0. The summed E-state index contributed by atoms with van der Waals surface area (Å²) in [5, 5.41) is 5.62. The number of fused-ring (bicyclic) bond motifs is 2. The van der Waals surface area contributed by atoms with E-state index >= 15 is 0 Å². The lowest BCUT2D eigenvalue weighted by Gasteiger charge is -2.17. The first-order valence-corrected chi connectivity index (χ1v) is 15.7. The van der Waals surface area contributed by atoms with Crippen molar-refractivity contribution >= 4 is 58.5 Å². The molecule has 0 fully saturated rings. The van der Waals surface area contributed by atoms with Crippen molar-refractivity contribution in [3.05, 3.63) is 147 Å². The van der Waals surface area contributed by atoms with Gasteiger partial charge in [-0.05, 0) is 123 Å². The summed E-state index contributed by atoms with van der Waals surface area (Å²) >= 11 is 0. The average Bonchev–Trinajstić information content (AvgIpc) is 3.51. The molecular formula is C39H29N5O6. The zero-order valence-corrected chi connectivity index (χ0v) is 27.5. The molecule has 6 amide bonds. The Balaban J connectivity index is 1.11. The second kappa shape index (κ2) is 12.0. The first-order chi connectivity index (χ1) is 23.9. The molecule has 11 heteroatoms. The maximum Gasteiger partial charge on any atom is 0.267 e. The standard InChI is InChI=1S/C39H29N5O6/c1-20-8-12-26(16-22(20)3)40-34(45)24-10-14-28-30(18-24)38(49)43(36(28)47)32-6-5-7-33(42-32)44-37(48)29-15-11-25(19-31(29)39(44)50)35(46)41-27-13-9-21(2)23(4)17-27/h5-19H,1-4H3,(H,40,45)(H,41,46). The lowest BCUT2D eigenvalue weighted by atomic mass is 10.0. The van der Waals surface area contributed by atoms with E-state index in [9.17, 15) is 28.8 Å². The van der Waals surface area contributed by atoms with Gasteiger partial charge in [0, 0.05) is 22.5 Å². The molecule has 7 rings (SSSR count). The number of carbonyl (C=O) groups is 6. The third-order valence-electron chi connectivity index (χ3n) is 9.00. The second-order valence-corrected chi connectivity index (χ2v) is 12.3. The number of benzene rings is 4. The Morgan fingerprint density at radius 1 is 0.480 bits per heavy atom. The maximum atomic E-state index is 13.6. The number of hydrogen-bond donors (Lipinski definition) is 2. The quantitative estimate of drug-likeness (QED) is 0.199. The molecule has 5 aromatic rings. The van der Waals surface area contributed by atoms with Gasteiger partial charge in [0.05, 0.1) is 22.3 Å². The normalized spacial score (nSPS) is 13.4. The number of amides is 6. The molecule has 0 bridgehead atoms. The number of hydrogen-bond acceptors (Lipinski definition) is 7. The first kappa shape index (κ1) is 31.8. The highest BCUT2D eigenvalue weighted by molar-refractivity contribution is 6.36. The average molecular weight is 664 g/mol. The topological polar surface area (TPSA) is 146 Å². The molecule has 2 aliphatic heterocycles. The Morgan fingerprint density at radius 2 is 0.880 bits per heavy atom. The van der Waals surface area contributed by atoms with Crippen molar-refractivity contribution in [3.8, 4) is 0 Å². The Labute approximate surface area is 286 Å². The summed E-state index contributed by atoms with van der Waals surface area (Å²) in [4.78, 5) is 86.2. The highest BCUT2D eigenvalue weighted by Gasteiger charge is 2.41. The minimum Gasteiger partial charge on any atom is -0.322 e. The molecule has 0 atom stereocenters. The summed E-state index contributed by atoms with van der Waals surface area (Å²) in [6, 6.07) is 23.8. The fraction of sp³-hybridized carbons (Fsp3) is 0.103. The molecule has 11 nitrogen and oxygen atoms in total. The molecule has 1 aromatic heterocycles. The number of nitrogens with one attached hydrogen (secondary N) is 2. The molecule has 0 saturated carbocycles. The van der Waals surface area contributed by atoms with E-state index in [2.05, 4.69) is 15.6 Å². The molecule has 50 heavy (non-hydrogen) atoms. The van der Waals surface area contributed by atoms with Crippen LogP contribution in [0.15, 0.2) is 91.0 Å². The van der Waals surface area contributed by atoms with E-state index in [1.54, 1.807) is 12.1 Å². The highest BCUT2D eigenvalue weighted by Crippen LogP contribution is 2.33. The summed E-state index contributed by atoms with van der Waals surface area (Å²) in [7, 11) is 0. The van der Waals surface area contributed by atoms with E-state index in [1.807, 2.05) is 52.0 Å². The zero-order chi connectivity index (χ0) is 35.4. The van der Waals surface area contributed by atoms with Gasteiger partial charge in [-0.15, -0.1) is 0 Å². The maximum absolute atomic E-state index is 13.6. The minimum atomic E-state index is -0.711. The van der Waals surface area contributed by atoms with Crippen molar-refractivity contribution in [3.63, 3.8) is 0 Å². The first-order valence-electron chi connectivity index (χ1n) is 15.7. The molecule has 0 saturated heterocycles. The number of imide groups is 2. The van der Waals surface area contributed by atoms with Crippen LogP contribution in [0, 0.1) is 27.7 Å². The number of aryl methyl sites for hydroxylation is 4. The van der Waals surface area contributed by atoms with Gasteiger partial charge in [-0.2, -0.15) is 0 Å². The van der Waals surface area contributed by atoms with Crippen LogP contribution in [0.5, 0.6) is 0 Å². The van der Waals surface area contributed by atoms with Crippen LogP contribution in [0.25, 0.3) is 0 Å². The second-order valence-electron chi connectivity index (χ2n) is 12.3. The van der Waals surface area contributed by atoms with Crippen LogP contribution in [0.4, 0.5) is 23.0 Å². The molecule has 3 heterocycles. The molecule has 4 aromatic carbocycles. The smallest absolute Gasteiger partial charge is 0.267 e. The molecule has 2 aliphatic rings. The molecule has 246 valence electrons. The largest absolute Gasteiger partial charge is 0.322 e. The SMILES string of the molecule is Cc1ccc(NC(=O)c2ccc3c(c2)C(=O)N(c2cccc(N4C(=O)c5ccc(C(=O)Nc6ccc(C)c(C)c6)cc5C4=O)n2)C3=O)cc1C. The number of pyridine rings is 1. The van der Waals surface area contributed by atoms with Gasteiger partial charge in [-0.1, -0.05) is 18.2 Å². The van der Waals surface area contributed by atoms with E-state index in [0.717, 1.165) is 32.1 Å². The van der Waals surface area contributed by atoms with Gasteiger partial charge in [0.2, 0.25) is 0 Å². The van der Waals surface area contributed by atoms with Gasteiger partial charge in [0.25, 0.3) is 35.4 Å². The van der Waals surface area contributed by atoms with Crippen LogP contribution in [-0.2, 0) is 0 Å². The van der Waals surface area contributed by atoms with E-state index in [1.165, 1.54) is 54.6 Å². The number of rotatable bonds is 6. The Morgan fingerprint density at radius 3 is 1.28 bits per heavy atom. The third-order valence-corrected chi connectivity index (χ3v) is 9.00. The van der Waals surface area contributed by atoms with Crippen LogP contribution in [0.1, 0.15) is 84.4 Å². The molecule has 0 radical (unpaired) electrons. The predicted molar refractivity (Wildman–Crippen MR) is 187 cm³/mol. The lowest BCUT2D eigenvalue weighted by Crippen LogP contribution is -2.33. The fourth-order valence-corrected chi connectivity index (χ4v) is 5.89. The number of carbonyl (C=O) groups excluding carboxylic acids is 6. The predicted octanol–water partition coefficient (Wildman–Crippen LogP) is 6.42. The van der Waals surface area contributed by atoms with Crippen LogP contribution >= 0.6 is 0 Å². The van der Waals surface area contributed by atoms with Crippen LogP contribution in [0.3, 0.4) is 0 Å². The van der Waals surface area contributed by atoms with Gasteiger partial charge in [-0.3, -0.25) is 28.8 Å². The Kier molecular flexibility index (Phi) is 7.67. The third kappa shape index (κ3) is 5.40. The summed E-state index contributed by atoms with van der Waals surface area (Å²) in [6.07, 6.45) is 0. The van der Waals surface area contributed by atoms with Gasteiger partial charge >= 0.3 is 0 Å². The van der Waals surface area contributed by atoms with Crippen molar-refractivity contribution in [1.82, 2.24) is 4.98 Å². The fourth-order valence-electron chi connectivity index (χ4n) is 5.89. The van der Waals surface area contributed by atoms with E-state index in [0.29, 0.717) is 11.4 Å². The molecule has 0 spiro atoms. The summed E-state index contributed by atoms with van der Waals surface area (Å²) in [5.41, 5.74) is 5.90. The summed E-state index contributed by atoms with van der Waals surface area (Å²) in [5.74, 6) is -3.89. The summed E-state index contributed by atoms with van der Waals surface area (Å²) in [6.45, 7) is 7.79. The Bertz CT molecular complexity index is 2200. The van der Waals surface area contributed by atoms with Gasteiger partial charge in [0.15, 0.2) is 0 Å². The van der Waals surface area contributed by atoms with Gasteiger partial charge in [0.1, 0.15) is 11.6 Å². The number of anilines is 4. The van der Waals surface area contributed by atoms with Gasteiger partial charge < -0.3 is 10.6 Å². The monoisotopic (exact) mass is 663 g/mol. The van der Waals surface area contributed by atoms with Crippen molar-refractivity contribution in [2.75, 3.05) is 20.4 Å². The van der Waals surface area contributed by atoms with Crippen molar-refractivity contribution in [2.24, 2.45) is 0 Å². The zero-order valence-electron chi connectivity index (χ0n) is 27.5. The molecule has 0 aliphatic carbocycles. The highest BCUT2D eigenvalue weighted by atomic mass is 16.2. The molecule has 0 unspecified atom stereocenters. The van der Waals surface area contributed by atoms with Crippen molar-refractivity contribution in [1.29, 1.82) is 0 Å². The molecule has 2 N–H and O–H groups in total. The van der Waals surface area contributed by atoms with Crippen molar-refractivity contribution in [2.45, 2.75) is 27.7 Å². The van der Waals surface area contributed by atoms with E-state index in [-0.39, 0.29) is 45.0 Å². The van der Waals surface area contributed by atoms with Crippen LogP contribution < -0.4 is 20.4 Å². The van der Waals surface area contributed by atoms with Crippen LogP contribution in [-0.4, -0.2) is 40.4 Å². The van der Waals surface area contributed by atoms with E-state index < -0.39 is 35.4 Å². The Hall–Kier alpha value is -6.75. The number of nitrogens with zero attached hydrogens (tertiary/aromatic N) is 3. The van der Waals surface area contributed by atoms with Crippen molar-refractivity contribution < 1.29 is 28.8 Å². The molecular weight excluding hydrogens is 634 g/mol. The van der Waals surface area contributed by atoms with Gasteiger partial charge in [-0.25, -0.2) is 14.8 Å². The van der Waals surface area contributed by atoms with E-state index in [4.69, 9.17) is 0 Å². The lowest BCUT2D eigenvalue weighted by molar-refractivity contribution is 0.0912.